The molecule has 0 aromatic heterocycles. The highest BCUT2D eigenvalue weighted by Gasteiger charge is 2.27. The zero-order valence-corrected chi connectivity index (χ0v) is 7.36. The number of hydrogen-bond donors (Lipinski definition) is 1. The van der Waals surface area contributed by atoms with E-state index in [-0.39, 0.29) is 12.7 Å². The Labute approximate surface area is 75.4 Å². The SMILES string of the molecule is FC(F)(F)CCO[C@H]1CCCNC1. The van der Waals surface area contributed by atoms with Crippen LogP contribution in [0.3, 0.4) is 0 Å². The normalized spacial score (nSPS) is 24.7. The molecule has 1 aliphatic rings. The first-order valence-corrected chi connectivity index (χ1v) is 4.47. The maximum atomic E-state index is 11.7. The van der Waals surface area contributed by atoms with Gasteiger partial charge in [-0.1, -0.05) is 0 Å². The summed E-state index contributed by atoms with van der Waals surface area (Å²) < 4.78 is 40.2. The van der Waals surface area contributed by atoms with Crippen molar-refractivity contribution in [2.24, 2.45) is 0 Å². The third-order valence-electron chi connectivity index (χ3n) is 1.99. The van der Waals surface area contributed by atoms with E-state index < -0.39 is 12.6 Å². The van der Waals surface area contributed by atoms with Crippen molar-refractivity contribution in [3.05, 3.63) is 0 Å². The fourth-order valence-electron chi connectivity index (χ4n) is 1.30. The molecule has 0 radical (unpaired) electrons. The van der Waals surface area contributed by atoms with E-state index in [9.17, 15) is 13.2 Å². The lowest BCUT2D eigenvalue weighted by Gasteiger charge is -2.23. The van der Waals surface area contributed by atoms with E-state index in [0.29, 0.717) is 6.54 Å². The zero-order valence-electron chi connectivity index (χ0n) is 7.36. The summed E-state index contributed by atoms with van der Waals surface area (Å²) in [5.74, 6) is 0. The molecular formula is C8H14F3NO. The predicted octanol–water partition coefficient (Wildman–Crippen LogP) is 1.71. The monoisotopic (exact) mass is 197 g/mol. The molecule has 2 nitrogen and oxygen atoms in total. The first kappa shape index (κ1) is 10.8. The lowest BCUT2D eigenvalue weighted by atomic mass is 10.1. The van der Waals surface area contributed by atoms with Crippen molar-refractivity contribution in [3.8, 4) is 0 Å². The van der Waals surface area contributed by atoms with Crippen LogP contribution in [-0.4, -0.2) is 32.0 Å². The molecule has 0 saturated carbocycles. The Morgan fingerprint density at radius 3 is 2.69 bits per heavy atom. The number of nitrogens with one attached hydrogen (secondary N) is 1. The second kappa shape index (κ2) is 4.81. The molecule has 1 saturated heterocycles. The van der Waals surface area contributed by atoms with Crippen LogP contribution < -0.4 is 5.32 Å². The topological polar surface area (TPSA) is 21.3 Å². The highest BCUT2D eigenvalue weighted by molar-refractivity contribution is 4.68. The Bertz CT molecular complexity index is 143. The summed E-state index contributed by atoms with van der Waals surface area (Å²) >= 11 is 0. The summed E-state index contributed by atoms with van der Waals surface area (Å²) in [5, 5.41) is 3.08. The molecule has 0 spiro atoms. The molecule has 1 fully saturated rings. The fourth-order valence-corrected chi connectivity index (χ4v) is 1.30. The van der Waals surface area contributed by atoms with Gasteiger partial charge in [0.15, 0.2) is 0 Å². The van der Waals surface area contributed by atoms with Crippen LogP contribution in [0.5, 0.6) is 0 Å². The fraction of sp³-hybridized carbons (Fsp3) is 1.00. The molecule has 0 aromatic carbocycles. The number of alkyl halides is 3. The molecule has 1 N–H and O–H groups in total. The summed E-state index contributed by atoms with van der Waals surface area (Å²) in [5.41, 5.74) is 0. The van der Waals surface area contributed by atoms with Crippen LogP contribution in [0, 0.1) is 0 Å². The highest BCUT2D eigenvalue weighted by atomic mass is 19.4. The minimum absolute atomic E-state index is 0.0314. The van der Waals surface area contributed by atoms with Gasteiger partial charge in [0, 0.05) is 6.54 Å². The van der Waals surface area contributed by atoms with Crippen molar-refractivity contribution in [1.29, 1.82) is 0 Å². The van der Waals surface area contributed by atoms with E-state index in [4.69, 9.17) is 4.74 Å². The van der Waals surface area contributed by atoms with Crippen LogP contribution >= 0.6 is 0 Å². The average Bonchev–Trinajstić information content (AvgIpc) is 2.04. The van der Waals surface area contributed by atoms with Gasteiger partial charge >= 0.3 is 6.18 Å². The van der Waals surface area contributed by atoms with Gasteiger partial charge in [-0.25, -0.2) is 0 Å². The first-order valence-electron chi connectivity index (χ1n) is 4.47. The highest BCUT2D eigenvalue weighted by Crippen LogP contribution is 2.19. The van der Waals surface area contributed by atoms with E-state index in [1.807, 2.05) is 0 Å². The van der Waals surface area contributed by atoms with Crippen molar-refractivity contribution in [3.63, 3.8) is 0 Å². The third kappa shape index (κ3) is 5.10. The van der Waals surface area contributed by atoms with Gasteiger partial charge in [0.1, 0.15) is 0 Å². The minimum atomic E-state index is -4.10. The molecule has 0 bridgehead atoms. The molecular weight excluding hydrogens is 183 g/mol. The number of hydrogen-bond acceptors (Lipinski definition) is 2. The molecule has 1 aliphatic heterocycles. The number of rotatable bonds is 3. The molecule has 0 aromatic rings. The van der Waals surface area contributed by atoms with Crippen molar-refractivity contribution < 1.29 is 17.9 Å². The molecule has 1 heterocycles. The van der Waals surface area contributed by atoms with E-state index in [2.05, 4.69) is 5.32 Å². The van der Waals surface area contributed by atoms with Gasteiger partial charge in [0.2, 0.25) is 0 Å². The molecule has 78 valence electrons. The van der Waals surface area contributed by atoms with Gasteiger partial charge in [0.05, 0.1) is 19.1 Å². The predicted molar refractivity (Wildman–Crippen MR) is 42.5 cm³/mol. The summed E-state index contributed by atoms with van der Waals surface area (Å²) in [6.45, 7) is 1.41. The Morgan fingerprint density at radius 2 is 2.15 bits per heavy atom. The number of halogens is 3. The van der Waals surface area contributed by atoms with Crippen LogP contribution in [0.15, 0.2) is 0 Å². The Kier molecular flexibility index (Phi) is 3.99. The molecule has 13 heavy (non-hydrogen) atoms. The largest absolute Gasteiger partial charge is 0.391 e. The van der Waals surface area contributed by atoms with E-state index >= 15 is 0 Å². The molecule has 0 unspecified atom stereocenters. The maximum absolute atomic E-state index is 11.7. The van der Waals surface area contributed by atoms with E-state index in [0.717, 1.165) is 19.4 Å². The van der Waals surface area contributed by atoms with Gasteiger partial charge < -0.3 is 10.1 Å². The Hall–Kier alpha value is -0.290. The minimum Gasteiger partial charge on any atom is -0.377 e. The van der Waals surface area contributed by atoms with Gasteiger partial charge in [-0.15, -0.1) is 0 Å². The quantitative estimate of drug-likeness (QED) is 0.743. The smallest absolute Gasteiger partial charge is 0.377 e. The lowest BCUT2D eigenvalue weighted by Crippen LogP contribution is -2.35. The standard InChI is InChI=1S/C8H14F3NO/c9-8(10,11)3-5-13-7-2-1-4-12-6-7/h7,12H,1-6H2/t7-/m0/s1. The Morgan fingerprint density at radius 1 is 1.38 bits per heavy atom. The van der Waals surface area contributed by atoms with Crippen LogP contribution in [0.2, 0.25) is 0 Å². The average molecular weight is 197 g/mol. The van der Waals surface area contributed by atoms with Gasteiger partial charge in [0.25, 0.3) is 0 Å². The van der Waals surface area contributed by atoms with Crippen molar-refractivity contribution in [1.82, 2.24) is 5.32 Å². The maximum Gasteiger partial charge on any atom is 0.391 e. The molecule has 5 heteroatoms. The van der Waals surface area contributed by atoms with Crippen molar-refractivity contribution in [2.75, 3.05) is 19.7 Å². The summed E-state index contributed by atoms with van der Waals surface area (Å²) in [4.78, 5) is 0. The van der Waals surface area contributed by atoms with Gasteiger partial charge in [-0.3, -0.25) is 0 Å². The summed E-state index contributed by atoms with van der Waals surface area (Å²) in [7, 11) is 0. The molecule has 1 rings (SSSR count). The number of ether oxygens (including phenoxy) is 1. The summed E-state index contributed by atoms with van der Waals surface area (Å²) in [6.07, 6.45) is -3.12. The van der Waals surface area contributed by atoms with Crippen LogP contribution in [0.1, 0.15) is 19.3 Å². The lowest BCUT2D eigenvalue weighted by molar-refractivity contribution is -0.149. The van der Waals surface area contributed by atoms with Crippen LogP contribution in [-0.2, 0) is 4.74 Å². The van der Waals surface area contributed by atoms with E-state index in [1.54, 1.807) is 0 Å². The van der Waals surface area contributed by atoms with Crippen LogP contribution in [0.25, 0.3) is 0 Å². The van der Waals surface area contributed by atoms with Gasteiger partial charge in [-0.05, 0) is 19.4 Å². The molecule has 0 aliphatic carbocycles. The third-order valence-corrected chi connectivity index (χ3v) is 1.99. The van der Waals surface area contributed by atoms with E-state index in [1.165, 1.54) is 0 Å². The molecule has 0 amide bonds. The van der Waals surface area contributed by atoms with Gasteiger partial charge in [-0.2, -0.15) is 13.2 Å². The van der Waals surface area contributed by atoms with Crippen LogP contribution in [0.4, 0.5) is 13.2 Å². The zero-order chi connectivity index (χ0) is 9.73. The molecule has 1 atom stereocenters. The second-order valence-electron chi connectivity index (χ2n) is 3.20. The second-order valence-corrected chi connectivity index (χ2v) is 3.20. The van der Waals surface area contributed by atoms with Crippen molar-refractivity contribution in [2.45, 2.75) is 31.5 Å². The van der Waals surface area contributed by atoms with Crippen molar-refractivity contribution >= 4 is 0 Å². The first-order chi connectivity index (χ1) is 6.08. The Balaban J connectivity index is 2.04. The summed E-state index contributed by atoms with van der Waals surface area (Å²) in [6, 6.07) is 0. The number of piperidine rings is 1.